The molecule has 0 radical (unpaired) electrons. The summed E-state index contributed by atoms with van der Waals surface area (Å²) < 4.78 is 17.4. The van der Waals surface area contributed by atoms with E-state index in [1.807, 2.05) is 13.8 Å². The highest BCUT2D eigenvalue weighted by molar-refractivity contribution is 5.46. The van der Waals surface area contributed by atoms with Gasteiger partial charge >= 0.3 is 0 Å². The van der Waals surface area contributed by atoms with Gasteiger partial charge in [-0.15, -0.1) is 0 Å². The van der Waals surface area contributed by atoms with Gasteiger partial charge in [0.2, 0.25) is 0 Å². The van der Waals surface area contributed by atoms with Crippen LogP contribution in [0, 0.1) is 11.3 Å². The maximum absolute atomic E-state index is 11.0. The largest absolute Gasteiger partial charge is 0.493 e. The quantitative estimate of drug-likeness (QED) is 0.143. The first-order valence-corrected chi connectivity index (χ1v) is 13.7. The van der Waals surface area contributed by atoms with Crippen molar-refractivity contribution in [3.8, 4) is 11.8 Å². The van der Waals surface area contributed by atoms with Crippen LogP contribution in [0.4, 0.5) is 0 Å². The van der Waals surface area contributed by atoms with E-state index in [-0.39, 0.29) is 6.61 Å². The fourth-order valence-electron chi connectivity index (χ4n) is 4.44. The minimum Gasteiger partial charge on any atom is -0.493 e. The van der Waals surface area contributed by atoms with Crippen LogP contribution >= 0.6 is 0 Å². The number of nitrogens with one attached hydrogen (secondary N) is 1. The molecule has 1 aliphatic rings. The van der Waals surface area contributed by atoms with E-state index >= 15 is 0 Å². The Balaban J connectivity index is 1.89. The molecule has 0 amide bonds. The van der Waals surface area contributed by atoms with Gasteiger partial charge in [0, 0.05) is 11.6 Å². The molecule has 2 N–H and O–H groups in total. The molecule has 1 aromatic carbocycles. The molecule has 0 bridgehead atoms. The number of hydrogen-bond acceptors (Lipinski definition) is 7. The van der Waals surface area contributed by atoms with Crippen molar-refractivity contribution >= 4 is 5.94 Å². The number of carbonyl (C=O) groups excluding carboxylic acids is 1. The summed E-state index contributed by atoms with van der Waals surface area (Å²) in [5.74, 6) is 2.90. The second-order valence-electron chi connectivity index (χ2n) is 10.1. The van der Waals surface area contributed by atoms with E-state index in [0.29, 0.717) is 30.2 Å². The van der Waals surface area contributed by atoms with E-state index in [9.17, 15) is 15.2 Å². The molecule has 7 heteroatoms. The fourth-order valence-corrected chi connectivity index (χ4v) is 4.44. The Morgan fingerprint density at radius 1 is 1.14 bits per heavy atom. The number of aliphatic hydroxyl groups is 1. The van der Waals surface area contributed by atoms with Crippen molar-refractivity contribution < 1.29 is 24.1 Å². The number of rotatable bonds is 18. The second kappa shape index (κ2) is 16.9. The molecular weight excluding hydrogens is 468 g/mol. The summed E-state index contributed by atoms with van der Waals surface area (Å²) in [6.07, 6.45) is 14.4. The van der Waals surface area contributed by atoms with Crippen molar-refractivity contribution in [1.82, 2.24) is 5.32 Å². The van der Waals surface area contributed by atoms with Crippen LogP contribution < -0.4 is 10.1 Å². The molecule has 7 nitrogen and oxygen atoms in total. The maximum atomic E-state index is 11.0. The highest BCUT2D eigenvalue weighted by atomic mass is 16.5. The number of fused-ring (bicyclic) bond motifs is 1. The van der Waals surface area contributed by atoms with E-state index in [4.69, 9.17) is 14.2 Å². The molecule has 0 spiro atoms. The molecule has 0 unspecified atom stereocenters. The summed E-state index contributed by atoms with van der Waals surface area (Å²) in [5.41, 5.74) is 0.410. The van der Waals surface area contributed by atoms with Gasteiger partial charge in [-0.2, -0.15) is 5.26 Å². The van der Waals surface area contributed by atoms with Crippen LogP contribution in [0.5, 0.6) is 5.75 Å². The molecule has 0 aromatic heterocycles. The molecule has 2 atom stereocenters. The van der Waals surface area contributed by atoms with Gasteiger partial charge in [-0.25, -0.2) is 4.79 Å². The topological polar surface area (TPSA) is 101 Å². The summed E-state index contributed by atoms with van der Waals surface area (Å²) in [5, 5.41) is 23.7. The molecule has 204 valence electrons. The van der Waals surface area contributed by atoms with Gasteiger partial charge in [-0.1, -0.05) is 64.7 Å². The third-order valence-corrected chi connectivity index (χ3v) is 6.63. The summed E-state index contributed by atoms with van der Waals surface area (Å²) in [4.78, 5) is 10.4. The molecule has 0 aliphatic carbocycles. The molecule has 1 heterocycles. The zero-order chi connectivity index (χ0) is 26.9. The highest BCUT2D eigenvalue weighted by Gasteiger charge is 2.42. The minimum atomic E-state index is -0.851. The number of aliphatic hydroxyl groups excluding tert-OH is 1. The Morgan fingerprint density at radius 2 is 1.81 bits per heavy atom. The fraction of sp³-hybridized carbons (Fsp3) is 0.633. The zero-order valence-corrected chi connectivity index (χ0v) is 22.8. The number of hydrogen-bond donors (Lipinski definition) is 2. The number of nitriles is 1. The third kappa shape index (κ3) is 10.6. The SMILES string of the molecule is CCCCCCCCCCCCOC(=COCC=C=O)CN[C@H]1c2cc(C#N)ccc2OC(C)(C)[C@@H]1O. The number of nitrogens with zero attached hydrogens (tertiary/aromatic N) is 1. The first-order valence-electron chi connectivity index (χ1n) is 13.7. The first kappa shape index (κ1) is 30.4. The normalized spacial score (nSPS) is 18.2. The molecule has 1 aromatic rings. The molecule has 37 heavy (non-hydrogen) atoms. The Labute approximate surface area is 222 Å². The molecule has 2 rings (SSSR count). The van der Waals surface area contributed by atoms with Crippen molar-refractivity contribution in [2.75, 3.05) is 19.8 Å². The monoisotopic (exact) mass is 512 g/mol. The lowest BCUT2D eigenvalue weighted by Crippen LogP contribution is -2.52. The lowest BCUT2D eigenvalue weighted by atomic mass is 9.86. The molecule has 1 aliphatic heterocycles. The Bertz CT molecular complexity index is 930. The Kier molecular flexibility index (Phi) is 13.9. The van der Waals surface area contributed by atoms with Crippen LogP contribution in [0.25, 0.3) is 0 Å². The average molecular weight is 513 g/mol. The Morgan fingerprint density at radius 3 is 2.46 bits per heavy atom. The lowest BCUT2D eigenvalue weighted by Gasteiger charge is -2.42. The summed E-state index contributed by atoms with van der Waals surface area (Å²) in [7, 11) is 0. The zero-order valence-electron chi connectivity index (χ0n) is 22.8. The van der Waals surface area contributed by atoms with Crippen LogP contribution in [-0.4, -0.2) is 42.5 Å². The maximum Gasteiger partial charge on any atom is 0.144 e. The van der Waals surface area contributed by atoms with E-state index in [1.54, 1.807) is 24.1 Å². The van der Waals surface area contributed by atoms with Crippen LogP contribution in [0.15, 0.2) is 36.3 Å². The number of ether oxygens (including phenoxy) is 3. The van der Waals surface area contributed by atoms with Gasteiger partial charge in [0.25, 0.3) is 0 Å². The molecular formula is C30H44N2O5. The summed E-state index contributed by atoms with van der Waals surface area (Å²) >= 11 is 0. The lowest BCUT2D eigenvalue weighted by molar-refractivity contribution is -0.0646. The van der Waals surface area contributed by atoms with E-state index in [0.717, 1.165) is 18.4 Å². The van der Waals surface area contributed by atoms with E-state index in [2.05, 4.69) is 18.3 Å². The summed E-state index contributed by atoms with van der Waals surface area (Å²) in [6, 6.07) is 6.89. The van der Waals surface area contributed by atoms with E-state index < -0.39 is 17.7 Å². The van der Waals surface area contributed by atoms with Gasteiger partial charge in [0.1, 0.15) is 42.0 Å². The van der Waals surface area contributed by atoms with Gasteiger partial charge in [0.05, 0.1) is 30.8 Å². The predicted octanol–water partition coefficient (Wildman–Crippen LogP) is 5.90. The third-order valence-electron chi connectivity index (χ3n) is 6.63. The van der Waals surface area contributed by atoms with Crippen molar-refractivity contribution in [3.05, 3.63) is 47.4 Å². The standard InChI is InChI=1S/C30H44N2O5/c1-4-5-6-7-8-9-10-11-12-13-19-36-25(23-35-18-14-17-33)22-32-28-26-20-24(21-31)15-16-27(26)37-30(2,3)29(28)34/h14-16,20,23,28-29,32,34H,4-13,18-19,22H2,1-3H3/t28-,29+/m0/s1. The average Bonchev–Trinajstić information content (AvgIpc) is 2.89. The van der Waals surface area contributed by atoms with Gasteiger partial charge < -0.3 is 24.6 Å². The van der Waals surface area contributed by atoms with Crippen LogP contribution in [-0.2, 0) is 14.3 Å². The Hall–Kier alpha value is -2.78. The van der Waals surface area contributed by atoms with Crippen LogP contribution in [0.1, 0.15) is 102 Å². The van der Waals surface area contributed by atoms with Crippen molar-refractivity contribution in [3.63, 3.8) is 0 Å². The molecule has 0 saturated heterocycles. The van der Waals surface area contributed by atoms with Crippen molar-refractivity contribution in [2.24, 2.45) is 0 Å². The van der Waals surface area contributed by atoms with E-state index in [1.165, 1.54) is 63.7 Å². The van der Waals surface area contributed by atoms with Crippen LogP contribution in [0.3, 0.4) is 0 Å². The molecule has 0 fully saturated rings. The molecule has 0 saturated carbocycles. The first-order chi connectivity index (χ1) is 17.9. The smallest absolute Gasteiger partial charge is 0.144 e. The number of benzene rings is 1. The van der Waals surface area contributed by atoms with Gasteiger partial charge in [-0.05, 0) is 38.5 Å². The number of unbranched alkanes of at least 4 members (excludes halogenated alkanes) is 9. The van der Waals surface area contributed by atoms with Crippen molar-refractivity contribution in [1.29, 1.82) is 5.26 Å². The highest BCUT2D eigenvalue weighted by Crippen LogP contribution is 2.40. The van der Waals surface area contributed by atoms with Gasteiger partial charge in [-0.3, -0.25) is 0 Å². The summed E-state index contributed by atoms with van der Waals surface area (Å²) in [6.45, 7) is 6.88. The van der Waals surface area contributed by atoms with Crippen molar-refractivity contribution in [2.45, 2.75) is 103 Å². The van der Waals surface area contributed by atoms with Crippen LogP contribution in [0.2, 0.25) is 0 Å². The van der Waals surface area contributed by atoms with Gasteiger partial charge in [0.15, 0.2) is 0 Å². The minimum absolute atomic E-state index is 0.107. The second-order valence-corrected chi connectivity index (χ2v) is 10.1. The predicted molar refractivity (Wildman–Crippen MR) is 145 cm³/mol.